The molecule has 1 aliphatic carbocycles. The van der Waals surface area contributed by atoms with Gasteiger partial charge in [-0.2, -0.15) is 0 Å². The Morgan fingerprint density at radius 1 is 1.25 bits per heavy atom. The van der Waals surface area contributed by atoms with E-state index in [1.54, 1.807) is 12.5 Å². The molecule has 0 amide bonds. The van der Waals surface area contributed by atoms with Crippen LogP contribution in [0.25, 0.3) is 5.69 Å². The van der Waals surface area contributed by atoms with Crippen molar-refractivity contribution < 1.29 is 8.78 Å². The molecule has 0 bridgehead atoms. The lowest BCUT2D eigenvalue weighted by atomic mass is 9.81. The van der Waals surface area contributed by atoms with Crippen molar-refractivity contribution in [3.63, 3.8) is 0 Å². The van der Waals surface area contributed by atoms with E-state index in [4.69, 9.17) is 5.73 Å². The number of aromatic nitrogens is 2. The van der Waals surface area contributed by atoms with E-state index in [-0.39, 0.29) is 18.8 Å². The van der Waals surface area contributed by atoms with Crippen molar-refractivity contribution in [1.29, 1.82) is 0 Å². The minimum Gasteiger partial charge on any atom is -0.399 e. The first-order valence-corrected chi connectivity index (χ1v) is 6.81. The van der Waals surface area contributed by atoms with Gasteiger partial charge in [0.05, 0.1) is 12.0 Å². The van der Waals surface area contributed by atoms with Crippen LogP contribution in [0.1, 0.15) is 37.2 Å². The molecule has 1 heterocycles. The van der Waals surface area contributed by atoms with E-state index in [0.29, 0.717) is 18.5 Å². The number of nitrogen functional groups attached to an aromatic ring is 1. The normalized spacial score (nSPS) is 19.1. The molecule has 3 nitrogen and oxygen atoms in total. The van der Waals surface area contributed by atoms with Crippen molar-refractivity contribution >= 4 is 5.69 Å². The Morgan fingerprint density at radius 3 is 2.65 bits per heavy atom. The quantitative estimate of drug-likeness (QED) is 0.850. The number of benzene rings is 1. The SMILES string of the molecule is Nc1ccc(-n2ccnc2)c(C2CCC(F)(F)CC2)c1. The van der Waals surface area contributed by atoms with Crippen LogP contribution in [0, 0.1) is 0 Å². The number of alkyl halides is 2. The van der Waals surface area contributed by atoms with Gasteiger partial charge in [0.1, 0.15) is 0 Å². The number of nitrogens with zero attached hydrogens (tertiary/aromatic N) is 2. The highest BCUT2D eigenvalue weighted by Gasteiger charge is 2.36. The molecule has 1 saturated carbocycles. The fourth-order valence-corrected chi connectivity index (χ4v) is 2.89. The maximum absolute atomic E-state index is 13.3. The van der Waals surface area contributed by atoms with Crippen molar-refractivity contribution in [1.82, 2.24) is 9.55 Å². The van der Waals surface area contributed by atoms with Gasteiger partial charge < -0.3 is 10.3 Å². The highest BCUT2D eigenvalue weighted by molar-refractivity contribution is 5.53. The molecule has 0 atom stereocenters. The molecule has 0 aliphatic heterocycles. The number of hydrogen-bond donors (Lipinski definition) is 1. The van der Waals surface area contributed by atoms with Gasteiger partial charge in [0.2, 0.25) is 5.92 Å². The maximum Gasteiger partial charge on any atom is 0.248 e. The van der Waals surface area contributed by atoms with E-state index in [9.17, 15) is 8.78 Å². The van der Waals surface area contributed by atoms with Gasteiger partial charge in [-0.15, -0.1) is 0 Å². The summed E-state index contributed by atoms with van der Waals surface area (Å²) in [5, 5.41) is 0. The van der Waals surface area contributed by atoms with Gasteiger partial charge in [0, 0.05) is 30.9 Å². The Kier molecular flexibility index (Phi) is 3.20. The fourth-order valence-electron chi connectivity index (χ4n) is 2.89. The third kappa shape index (κ3) is 2.53. The van der Waals surface area contributed by atoms with Crippen molar-refractivity contribution in [2.24, 2.45) is 0 Å². The molecule has 1 aromatic carbocycles. The highest BCUT2D eigenvalue weighted by Crippen LogP contribution is 2.42. The molecule has 0 radical (unpaired) electrons. The molecule has 2 aromatic rings. The lowest BCUT2D eigenvalue weighted by molar-refractivity contribution is -0.0382. The number of rotatable bonds is 2. The van der Waals surface area contributed by atoms with Crippen molar-refractivity contribution in [3.8, 4) is 5.69 Å². The standard InChI is InChI=1S/C15H17F2N3/c16-15(17)5-3-11(4-6-15)13-9-12(18)1-2-14(13)20-8-7-19-10-20/h1-2,7-11H,3-6,18H2. The topological polar surface area (TPSA) is 43.8 Å². The van der Waals surface area contributed by atoms with Gasteiger partial charge in [-0.05, 0) is 42.5 Å². The molecule has 3 rings (SSSR count). The summed E-state index contributed by atoms with van der Waals surface area (Å²) in [4.78, 5) is 4.04. The molecule has 2 N–H and O–H groups in total. The van der Waals surface area contributed by atoms with Crippen molar-refractivity contribution in [2.45, 2.75) is 37.5 Å². The molecule has 0 unspecified atom stereocenters. The first-order chi connectivity index (χ1) is 9.55. The number of nitrogens with two attached hydrogens (primary N) is 1. The van der Waals surface area contributed by atoms with Gasteiger partial charge in [-0.25, -0.2) is 13.8 Å². The van der Waals surface area contributed by atoms with Crippen LogP contribution in [0.3, 0.4) is 0 Å². The second-order valence-corrected chi connectivity index (χ2v) is 5.42. The largest absolute Gasteiger partial charge is 0.399 e. The number of imidazole rings is 1. The third-order valence-electron chi connectivity index (χ3n) is 3.99. The smallest absolute Gasteiger partial charge is 0.248 e. The Labute approximate surface area is 116 Å². The summed E-state index contributed by atoms with van der Waals surface area (Å²) in [5.41, 5.74) is 8.55. The molecule has 1 aliphatic rings. The van der Waals surface area contributed by atoms with Crippen LogP contribution in [-0.4, -0.2) is 15.5 Å². The van der Waals surface area contributed by atoms with Gasteiger partial charge in [0.25, 0.3) is 0 Å². The minimum atomic E-state index is -2.51. The number of hydrogen-bond acceptors (Lipinski definition) is 2. The van der Waals surface area contributed by atoms with Crippen LogP contribution in [0.5, 0.6) is 0 Å². The first kappa shape index (κ1) is 13.1. The zero-order valence-electron chi connectivity index (χ0n) is 11.1. The minimum absolute atomic E-state index is 0.0458. The summed E-state index contributed by atoms with van der Waals surface area (Å²) in [5.74, 6) is -2.37. The van der Waals surface area contributed by atoms with Gasteiger partial charge in [-0.1, -0.05) is 0 Å². The summed E-state index contributed by atoms with van der Waals surface area (Å²) in [7, 11) is 0. The second-order valence-electron chi connectivity index (χ2n) is 5.42. The summed E-state index contributed by atoms with van der Waals surface area (Å²) < 4.78 is 28.5. The van der Waals surface area contributed by atoms with E-state index in [0.717, 1.165) is 11.3 Å². The lowest BCUT2D eigenvalue weighted by Gasteiger charge is -2.29. The van der Waals surface area contributed by atoms with E-state index < -0.39 is 5.92 Å². The molecular weight excluding hydrogens is 260 g/mol. The summed E-state index contributed by atoms with van der Waals surface area (Å²) in [6.07, 6.45) is 6.18. The van der Waals surface area contributed by atoms with E-state index >= 15 is 0 Å². The Balaban J connectivity index is 1.95. The molecule has 0 spiro atoms. The predicted octanol–water partition coefficient (Wildman–Crippen LogP) is 3.75. The van der Waals surface area contributed by atoms with Crippen LogP contribution in [0.2, 0.25) is 0 Å². The third-order valence-corrected chi connectivity index (χ3v) is 3.99. The zero-order valence-corrected chi connectivity index (χ0v) is 11.1. The van der Waals surface area contributed by atoms with E-state index in [1.807, 2.05) is 29.0 Å². The summed E-state index contributed by atoms with van der Waals surface area (Å²) >= 11 is 0. The lowest BCUT2D eigenvalue weighted by Crippen LogP contribution is -2.24. The first-order valence-electron chi connectivity index (χ1n) is 6.81. The Hall–Kier alpha value is -1.91. The second kappa shape index (κ2) is 4.89. The molecular formula is C15H17F2N3. The summed E-state index contributed by atoms with van der Waals surface area (Å²) in [6.45, 7) is 0. The van der Waals surface area contributed by atoms with Crippen LogP contribution in [0.15, 0.2) is 36.9 Å². The Morgan fingerprint density at radius 2 is 2.00 bits per heavy atom. The monoisotopic (exact) mass is 277 g/mol. The van der Waals surface area contributed by atoms with Crippen LogP contribution in [-0.2, 0) is 0 Å². The molecule has 20 heavy (non-hydrogen) atoms. The molecule has 106 valence electrons. The average molecular weight is 277 g/mol. The number of anilines is 1. The van der Waals surface area contributed by atoms with Crippen LogP contribution >= 0.6 is 0 Å². The fraction of sp³-hybridized carbons (Fsp3) is 0.400. The van der Waals surface area contributed by atoms with Crippen molar-refractivity contribution in [3.05, 3.63) is 42.5 Å². The molecule has 1 fully saturated rings. The van der Waals surface area contributed by atoms with Gasteiger partial charge in [0.15, 0.2) is 0 Å². The summed E-state index contributed by atoms with van der Waals surface area (Å²) in [6, 6.07) is 5.67. The van der Waals surface area contributed by atoms with E-state index in [1.165, 1.54) is 0 Å². The van der Waals surface area contributed by atoms with Gasteiger partial charge >= 0.3 is 0 Å². The van der Waals surface area contributed by atoms with Gasteiger partial charge in [-0.3, -0.25) is 0 Å². The zero-order chi connectivity index (χ0) is 14.2. The van der Waals surface area contributed by atoms with Crippen molar-refractivity contribution in [2.75, 3.05) is 5.73 Å². The number of halogens is 2. The maximum atomic E-state index is 13.3. The molecule has 1 aromatic heterocycles. The predicted molar refractivity (Wildman–Crippen MR) is 74.1 cm³/mol. The molecule has 0 saturated heterocycles. The van der Waals surface area contributed by atoms with Crippen LogP contribution < -0.4 is 5.73 Å². The highest BCUT2D eigenvalue weighted by atomic mass is 19.3. The Bertz CT molecular complexity index is 583. The van der Waals surface area contributed by atoms with E-state index in [2.05, 4.69) is 4.98 Å². The molecule has 5 heteroatoms. The average Bonchev–Trinajstić information content (AvgIpc) is 2.92. The van der Waals surface area contributed by atoms with Crippen LogP contribution in [0.4, 0.5) is 14.5 Å².